The molecule has 1 fully saturated rings. The van der Waals surface area contributed by atoms with Crippen molar-refractivity contribution in [3.05, 3.63) is 23.9 Å². The summed E-state index contributed by atoms with van der Waals surface area (Å²) in [6.45, 7) is 3.19. The molecule has 0 spiro atoms. The van der Waals surface area contributed by atoms with Crippen LogP contribution in [-0.4, -0.2) is 52.3 Å². The summed E-state index contributed by atoms with van der Waals surface area (Å²) in [5.74, 6) is 1.83. The van der Waals surface area contributed by atoms with Crippen LogP contribution in [0.2, 0.25) is 0 Å². The lowest BCUT2D eigenvalue weighted by Crippen LogP contribution is -2.47. The Hall–Kier alpha value is -1.11. The largest absolute Gasteiger partial charge is 0.417 e. The fraction of sp³-hybridized carbons (Fsp3) is 0.684. The number of pyridine rings is 1. The molecule has 172 valence electrons. The molecule has 0 bridgehead atoms. The highest BCUT2D eigenvalue weighted by molar-refractivity contribution is 14.0. The van der Waals surface area contributed by atoms with Crippen molar-refractivity contribution in [2.45, 2.75) is 56.5 Å². The van der Waals surface area contributed by atoms with Crippen molar-refractivity contribution >= 4 is 46.6 Å². The van der Waals surface area contributed by atoms with Gasteiger partial charge in [-0.1, -0.05) is 13.3 Å². The number of anilines is 1. The zero-order valence-electron chi connectivity index (χ0n) is 17.3. The van der Waals surface area contributed by atoms with Crippen LogP contribution in [0.3, 0.4) is 0 Å². The fourth-order valence-corrected chi connectivity index (χ4v) is 4.66. The second-order valence-corrected chi connectivity index (χ2v) is 9.01. The number of aliphatic imine (C=N–C) groups is 1. The second kappa shape index (κ2) is 13.3. The highest BCUT2D eigenvalue weighted by atomic mass is 127. The van der Waals surface area contributed by atoms with Gasteiger partial charge in [0, 0.05) is 54.2 Å². The average molecular weight is 561 g/mol. The van der Waals surface area contributed by atoms with Gasteiger partial charge in [-0.05, 0) is 37.8 Å². The lowest BCUT2D eigenvalue weighted by Gasteiger charge is -2.30. The minimum absolute atomic E-state index is 0. The molecular weight excluding hydrogens is 530 g/mol. The van der Waals surface area contributed by atoms with E-state index in [0.717, 1.165) is 44.4 Å². The summed E-state index contributed by atoms with van der Waals surface area (Å²) >= 11 is 0. The number of nitrogens with one attached hydrogen (secondary N) is 3. The minimum atomic E-state index is -4.37. The van der Waals surface area contributed by atoms with Crippen molar-refractivity contribution in [3.63, 3.8) is 0 Å². The molecule has 0 saturated heterocycles. The predicted molar refractivity (Wildman–Crippen MR) is 127 cm³/mol. The third-order valence-corrected chi connectivity index (χ3v) is 6.63. The number of nitrogens with zero attached hydrogens (tertiary/aromatic N) is 2. The lowest BCUT2D eigenvalue weighted by atomic mass is 9.95. The summed E-state index contributed by atoms with van der Waals surface area (Å²) in [7, 11) is 0.952. The maximum absolute atomic E-state index is 12.5. The molecule has 1 aliphatic carbocycles. The monoisotopic (exact) mass is 561 g/mol. The normalized spacial score (nSPS) is 20.8. The van der Waals surface area contributed by atoms with Gasteiger partial charge in [-0.2, -0.15) is 13.2 Å². The molecule has 0 aliphatic heterocycles. The van der Waals surface area contributed by atoms with Gasteiger partial charge in [0.1, 0.15) is 5.82 Å². The number of hydrogen-bond donors (Lipinski definition) is 3. The minimum Gasteiger partial charge on any atom is -0.370 e. The number of halogens is 4. The molecule has 3 N–H and O–H groups in total. The van der Waals surface area contributed by atoms with Crippen LogP contribution < -0.4 is 16.0 Å². The lowest BCUT2D eigenvalue weighted by molar-refractivity contribution is -0.137. The van der Waals surface area contributed by atoms with Gasteiger partial charge in [0.2, 0.25) is 0 Å². The number of rotatable bonds is 8. The average Bonchev–Trinajstić information content (AvgIpc) is 2.72. The van der Waals surface area contributed by atoms with Crippen LogP contribution in [0.25, 0.3) is 0 Å². The topological polar surface area (TPSA) is 78.4 Å². The highest BCUT2D eigenvalue weighted by Gasteiger charge is 2.30. The van der Waals surface area contributed by atoms with Crippen LogP contribution in [0, 0.1) is 0 Å². The number of aromatic nitrogens is 1. The summed E-state index contributed by atoms with van der Waals surface area (Å²) < 4.78 is 49.6. The zero-order valence-corrected chi connectivity index (χ0v) is 20.4. The van der Waals surface area contributed by atoms with E-state index in [9.17, 15) is 17.4 Å². The molecule has 6 nitrogen and oxygen atoms in total. The Morgan fingerprint density at radius 3 is 2.67 bits per heavy atom. The molecule has 1 heterocycles. The molecule has 1 aromatic rings. The van der Waals surface area contributed by atoms with Crippen LogP contribution in [0.1, 0.15) is 44.6 Å². The number of alkyl halides is 3. The molecule has 3 atom stereocenters. The van der Waals surface area contributed by atoms with E-state index in [1.165, 1.54) is 6.07 Å². The van der Waals surface area contributed by atoms with Crippen molar-refractivity contribution in [1.82, 2.24) is 15.6 Å². The Morgan fingerprint density at radius 2 is 2.07 bits per heavy atom. The van der Waals surface area contributed by atoms with E-state index in [4.69, 9.17) is 0 Å². The standard InChI is InChI=1S/C19H30F3N5OS.HI/c1-3-29(28)16-7-4-6-15(12-16)27-18(23-2)25-11-5-10-24-17-9-8-14(13-26-17)19(20,21)22;/h8-9,13,15-16H,3-7,10-12H2,1-2H3,(H,24,26)(H2,23,25,27);1H. The summed E-state index contributed by atoms with van der Waals surface area (Å²) in [5, 5.41) is 9.92. The first kappa shape index (κ1) is 26.9. The second-order valence-electron chi connectivity index (χ2n) is 7.01. The van der Waals surface area contributed by atoms with Crippen molar-refractivity contribution in [1.29, 1.82) is 0 Å². The Bertz CT molecular complexity index is 688. The highest BCUT2D eigenvalue weighted by Crippen LogP contribution is 2.28. The summed E-state index contributed by atoms with van der Waals surface area (Å²) in [6, 6.07) is 2.61. The van der Waals surface area contributed by atoms with E-state index in [-0.39, 0.29) is 35.3 Å². The van der Waals surface area contributed by atoms with Crippen molar-refractivity contribution in [2.75, 3.05) is 31.2 Å². The quantitative estimate of drug-likeness (QED) is 0.195. The maximum atomic E-state index is 12.5. The van der Waals surface area contributed by atoms with Crippen molar-refractivity contribution < 1.29 is 17.4 Å². The summed E-state index contributed by atoms with van der Waals surface area (Å²) in [4.78, 5) is 8.03. The maximum Gasteiger partial charge on any atom is 0.417 e. The SMILES string of the molecule is CCS(=O)C1CCCC(NC(=NC)NCCCNc2ccc(C(F)(F)F)cn2)C1.I. The van der Waals surface area contributed by atoms with E-state index in [1.807, 2.05) is 6.92 Å². The molecule has 30 heavy (non-hydrogen) atoms. The smallest absolute Gasteiger partial charge is 0.370 e. The predicted octanol–water partition coefficient (Wildman–Crippen LogP) is 3.77. The summed E-state index contributed by atoms with van der Waals surface area (Å²) in [6.07, 6.45) is 1.22. The molecule has 11 heteroatoms. The van der Waals surface area contributed by atoms with Crippen LogP contribution in [0.4, 0.5) is 19.0 Å². The van der Waals surface area contributed by atoms with Crippen LogP contribution in [0.5, 0.6) is 0 Å². The van der Waals surface area contributed by atoms with Crippen LogP contribution in [-0.2, 0) is 17.0 Å². The van der Waals surface area contributed by atoms with E-state index in [1.54, 1.807) is 7.05 Å². The van der Waals surface area contributed by atoms with Gasteiger partial charge in [0.25, 0.3) is 0 Å². The van der Waals surface area contributed by atoms with E-state index >= 15 is 0 Å². The molecular formula is C19H31F3IN5OS. The van der Waals surface area contributed by atoms with Gasteiger partial charge in [0.15, 0.2) is 5.96 Å². The molecule has 2 rings (SSSR count). The Morgan fingerprint density at radius 1 is 1.30 bits per heavy atom. The Kier molecular flexibility index (Phi) is 12.0. The molecule has 0 aromatic carbocycles. The van der Waals surface area contributed by atoms with Gasteiger partial charge in [-0.3, -0.25) is 9.20 Å². The summed E-state index contributed by atoms with van der Waals surface area (Å²) in [5.41, 5.74) is -0.757. The van der Waals surface area contributed by atoms with Gasteiger partial charge >= 0.3 is 6.18 Å². The molecule has 1 aromatic heterocycles. The van der Waals surface area contributed by atoms with Gasteiger partial charge in [-0.15, -0.1) is 24.0 Å². The molecule has 1 saturated carbocycles. The van der Waals surface area contributed by atoms with Gasteiger partial charge in [0.05, 0.1) is 5.56 Å². The first-order chi connectivity index (χ1) is 13.8. The first-order valence-corrected chi connectivity index (χ1v) is 11.3. The third-order valence-electron chi connectivity index (χ3n) is 4.89. The van der Waals surface area contributed by atoms with Crippen molar-refractivity contribution in [3.8, 4) is 0 Å². The van der Waals surface area contributed by atoms with Crippen LogP contribution in [0.15, 0.2) is 23.3 Å². The fourth-order valence-electron chi connectivity index (χ4n) is 3.32. The van der Waals surface area contributed by atoms with Crippen molar-refractivity contribution in [2.24, 2.45) is 4.99 Å². The van der Waals surface area contributed by atoms with Crippen LogP contribution >= 0.6 is 24.0 Å². The Labute approximate surface area is 195 Å². The molecule has 0 radical (unpaired) electrons. The molecule has 1 aliphatic rings. The number of guanidine groups is 1. The number of hydrogen-bond acceptors (Lipinski definition) is 4. The third kappa shape index (κ3) is 8.94. The Balaban J connectivity index is 0.00000450. The van der Waals surface area contributed by atoms with E-state index in [0.29, 0.717) is 30.6 Å². The zero-order chi connectivity index (χ0) is 21.3. The molecule has 3 unspecified atom stereocenters. The van der Waals surface area contributed by atoms with Gasteiger partial charge < -0.3 is 16.0 Å². The first-order valence-electron chi connectivity index (χ1n) is 9.95. The molecule has 0 amide bonds. The van der Waals surface area contributed by atoms with E-state index < -0.39 is 22.5 Å². The van der Waals surface area contributed by atoms with Gasteiger partial charge in [-0.25, -0.2) is 4.98 Å². The van der Waals surface area contributed by atoms with E-state index in [2.05, 4.69) is 25.9 Å².